The van der Waals surface area contributed by atoms with E-state index in [1.54, 1.807) is 23.2 Å². The number of benzene rings is 1. The van der Waals surface area contributed by atoms with Gasteiger partial charge in [-0.3, -0.25) is 19.5 Å². The van der Waals surface area contributed by atoms with Crippen LogP contribution in [-0.4, -0.2) is 61.1 Å². The summed E-state index contributed by atoms with van der Waals surface area (Å²) < 4.78 is 5.47. The van der Waals surface area contributed by atoms with Gasteiger partial charge in [0.1, 0.15) is 0 Å². The van der Waals surface area contributed by atoms with Gasteiger partial charge in [-0.2, -0.15) is 0 Å². The fourth-order valence-corrected chi connectivity index (χ4v) is 3.93. The molecule has 1 aromatic heterocycles. The molecule has 7 nitrogen and oxygen atoms in total. The predicted octanol–water partition coefficient (Wildman–Crippen LogP) is 2.01. The minimum absolute atomic E-state index is 0.0537. The lowest BCUT2D eigenvalue weighted by Crippen LogP contribution is -2.43. The van der Waals surface area contributed by atoms with Crippen molar-refractivity contribution in [3.63, 3.8) is 0 Å². The van der Waals surface area contributed by atoms with Crippen LogP contribution in [0.4, 0.5) is 5.69 Å². The van der Waals surface area contributed by atoms with Crippen molar-refractivity contribution in [3.8, 4) is 0 Å². The van der Waals surface area contributed by atoms with Crippen LogP contribution in [-0.2, 0) is 9.53 Å². The largest absolute Gasteiger partial charge is 0.379 e. The summed E-state index contributed by atoms with van der Waals surface area (Å²) in [6, 6.07) is 11.3. The molecule has 2 amide bonds. The summed E-state index contributed by atoms with van der Waals surface area (Å²) in [6.45, 7) is 4.29. The van der Waals surface area contributed by atoms with Crippen LogP contribution in [0.5, 0.6) is 0 Å². The molecule has 4 rings (SSSR count). The number of nitrogens with zero attached hydrogens (tertiary/aromatic N) is 3. The number of ether oxygens (including phenoxy) is 1. The van der Waals surface area contributed by atoms with Crippen molar-refractivity contribution in [2.45, 2.75) is 18.9 Å². The fourth-order valence-electron chi connectivity index (χ4n) is 3.93. The Morgan fingerprint density at radius 3 is 2.59 bits per heavy atom. The Bertz CT molecular complexity index is 835. The number of hydrogen-bond acceptors (Lipinski definition) is 5. The summed E-state index contributed by atoms with van der Waals surface area (Å²) in [7, 11) is 0. The van der Waals surface area contributed by atoms with Crippen molar-refractivity contribution in [1.82, 2.24) is 15.2 Å². The maximum atomic E-state index is 12.7. The van der Waals surface area contributed by atoms with Crippen molar-refractivity contribution in [3.05, 3.63) is 59.9 Å². The maximum Gasteiger partial charge on any atom is 0.251 e. The van der Waals surface area contributed by atoms with Crippen LogP contribution in [0.1, 0.15) is 34.8 Å². The quantitative estimate of drug-likeness (QED) is 0.811. The predicted molar refractivity (Wildman–Crippen MR) is 110 cm³/mol. The van der Waals surface area contributed by atoms with E-state index in [1.165, 1.54) is 0 Å². The third kappa shape index (κ3) is 4.63. The highest BCUT2D eigenvalue weighted by Gasteiger charge is 2.24. The Labute approximate surface area is 170 Å². The summed E-state index contributed by atoms with van der Waals surface area (Å²) >= 11 is 0. The first-order chi connectivity index (χ1) is 14.2. The molecule has 0 spiro atoms. The summed E-state index contributed by atoms with van der Waals surface area (Å²) in [4.78, 5) is 32.9. The van der Waals surface area contributed by atoms with Crippen molar-refractivity contribution in [2.75, 3.05) is 44.3 Å². The molecule has 2 aliphatic heterocycles. The highest BCUT2D eigenvalue weighted by molar-refractivity contribution is 5.97. The second-order valence-electron chi connectivity index (χ2n) is 7.36. The number of carbonyl (C=O) groups excluding carboxylic acids is 2. The molecule has 2 fully saturated rings. The Morgan fingerprint density at radius 1 is 1.14 bits per heavy atom. The zero-order valence-electron chi connectivity index (χ0n) is 16.4. The Kier molecular flexibility index (Phi) is 6.17. The van der Waals surface area contributed by atoms with Crippen LogP contribution in [0.2, 0.25) is 0 Å². The van der Waals surface area contributed by atoms with Crippen LogP contribution in [0.25, 0.3) is 0 Å². The lowest BCUT2D eigenvalue weighted by Gasteiger charge is -2.34. The number of nitrogens with one attached hydrogen (secondary N) is 1. The minimum atomic E-state index is -0.119. The molecule has 152 valence electrons. The highest BCUT2D eigenvalue weighted by Crippen LogP contribution is 2.23. The first-order valence-electron chi connectivity index (χ1n) is 10.1. The number of rotatable bonds is 6. The fraction of sp³-hybridized carbons (Fsp3) is 0.409. The number of anilines is 1. The Hall–Kier alpha value is -2.77. The molecule has 0 aliphatic carbocycles. The molecule has 0 bridgehead atoms. The van der Waals surface area contributed by atoms with E-state index < -0.39 is 0 Å². The van der Waals surface area contributed by atoms with Crippen molar-refractivity contribution < 1.29 is 14.3 Å². The van der Waals surface area contributed by atoms with Gasteiger partial charge >= 0.3 is 0 Å². The first kappa shape index (κ1) is 19.5. The Morgan fingerprint density at radius 2 is 1.93 bits per heavy atom. The molecule has 1 N–H and O–H groups in total. The molecule has 3 heterocycles. The van der Waals surface area contributed by atoms with E-state index in [1.807, 2.05) is 30.5 Å². The lowest BCUT2D eigenvalue weighted by molar-refractivity contribution is -0.117. The molecule has 1 atom stereocenters. The van der Waals surface area contributed by atoms with Crippen LogP contribution in [0.3, 0.4) is 0 Å². The standard InChI is InChI=1S/C22H26N4O3/c27-21-4-2-10-26(21)19-7-5-17(6-8-19)22(28)24-16-20(18-3-1-9-23-15-18)25-11-13-29-14-12-25/h1,3,5-9,15,20H,2,4,10-14,16H2,(H,24,28). The average molecular weight is 394 g/mol. The van der Waals surface area contributed by atoms with E-state index in [2.05, 4.69) is 15.2 Å². The van der Waals surface area contributed by atoms with Gasteiger partial charge in [0.05, 0.1) is 19.3 Å². The average Bonchev–Trinajstić information content (AvgIpc) is 3.21. The van der Waals surface area contributed by atoms with Gasteiger partial charge in [-0.05, 0) is 42.3 Å². The second kappa shape index (κ2) is 9.15. The molecule has 2 aliphatic rings. The zero-order chi connectivity index (χ0) is 20.1. The van der Waals surface area contributed by atoms with E-state index >= 15 is 0 Å². The number of pyridine rings is 1. The minimum Gasteiger partial charge on any atom is -0.379 e. The molecule has 7 heteroatoms. The number of carbonyl (C=O) groups is 2. The van der Waals surface area contributed by atoms with Gasteiger partial charge in [0, 0.05) is 56.2 Å². The number of hydrogen-bond donors (Lipinski definition) is 1. The lowest BCUT2D eigenvalue weighted by atomic mass is 10.1. The summed E-state index contributed by atoms with van der Waals surface area (Å²) in [5.41, 5.74) is 2.52. The van der Waals surface area contributed by atoms with E-state index in [-0.39, 0.29) is 17.9 Å². The monoisotopic (exact) mass is 394 g/mol. The van der Waals surface area contributed by atoms with Gasteiger partial charge < -0.3 is 15.0 Å². The summed E-state index contributed by atoms with van der Waals surface area (Å²) in [5, 5.41) is 3.06. The zero-order valence-corrected chi connectivity index (χ0v) is 16.4. The second-order valence-corrected chi connectivity index (χ2v) is 7.36. The number of aromatic nitrogens is 1. The van der Waals surface area contributed by atoms with Gasteiger partial charge in [-0.25, -0.2) is 0 Å². The number of morpholine rings is 1. The molecule has 0 saturated carbocycles. The van der Waals surface area contributed by atoms with Crippen molar-refractivity contribution >= 4 is 17.5 Å². The first-order valence-corrected chi connectivity index (χ1v) is 10.1. The maximum absolute atomic E-state index is 12.7. The third-order valence-corrected chi connectivity index (χ3v) is 5.53. The molecule has 1 unspecified atom stereocenters. The third-order valence-electron chi connectivity index (χ3n) is 5.53. The SMILES string of the molecule is O=C(NCC(c1cccnc1)N1CCOCC1)c1ccc(N2CCCC2=O)cc1. The molecule has 1 aromatic carbocycles. The van der Waals surface area contributed by atoms with E-state index in [0.29, 0.717) is 31.7 Å². The highest BCUT2D eigenvalue weighted by atomic mass is 16.5. The van der Waals surface area contributed by atoms with Crippen LogP contribution in [0, 0.1) is 0 Å². The van der Waals surface area contributed by atoms with Gasteiger partial charge in [0.15, 0.2) is 0 Å². The molecule has 0 radical (unpaired) electrons. The smallest absolute Gasteiger partial charge is 0.251 e. The molecule has 2 aromatic rings. The van der Waals surface area contributed by atoms with Crippen LogP contribution >= 0.6 is 0 Å². The van der Waals surface area contributed by atoms with Gasteiger partial charge in [-0.1, -0.05) is 6.07 Å². The number of amides is 2. The molecule has 29 heavy (non-hydrogen) atoms. The van der Waals surface area contributed by atoms with E-state index in [0.717, 1.165) is 37.3 Å². The van der Waals surface area contributed by atoms with E-state index in [4.69, 9.17) is 4.74 Å². The summed E-state index contributed by atoms with van der Waals surface area (Å²) in [6.07, 6.45) is 5.09. The molecule has 2 saturated heterocycles. The van der Waals surface area contributed by atoms with Crippen LogP contribution in [0.15, 0.2) is 48.8 Å². The Balaban J connectivity index is 1.41. The van der Waals surface area contributed by atoms with Crippen LogP contribution < -0.4 is 10.2 Å². The van der Waals surface area contributed by atoms with Crippen molar-refractivity contribution in [1.29, 1.82) is 0 Å². The van der Waals surface area contributed by atoms with Gasteiger partial charge in [0.2, 0.25) is 5.91 Å². The molecular formula is C22H26N4O3. The molecular weight excluding hydrogens is 368 g/mol. The van der Waals surface area contributed by atoms with Gasteiger partial charge in [-0.15, -0.1) is 0 Å². The summed E-state index contributed by atoms with van der Waals surface area (Å²) in [5.74, 6) is 0.0264. The normalized spacial score (nSPS) is 18.6. The van der Waals surface area contributed by atoms with E-state index in [9.17, 15) is 9.59 Å². The van der Waals surface area contributed by atoms with Gasteiger partial charge in [0.25, 0.3) is 5.91 Å². The van der Waals surface area contributed by atoms with Crippen molar-refractivity contribution in [2.24, 2.45) is 0 Å². The topological polar surface area (TPSA) is 74.8 Å².